The highest BCUT2D eigenvalue weighted by atomic mass is 19.3. The van der Waals surface area contributed by atoms with E-state index in [1.807, 2.05) is 53.8 Å². The van der Waals surface area contributed by atoms with Gasteiger partial charge in [0.1, 0.15) is 12.6 Å². The molecule has 1 aromatic heterocycles. The zero-order valence-corrected chi connectivity index (χ0v) is 18.3. The highest BCUT2D eigenvalue weighted by Crippen LogP contribution is 2.44. The topological polar surface area (TPSA) is 133 Å². The van der Waals surface area contributed by atoms with E-state index in [9.17, 15) is 23.2 Å². The Labute approximate surface area is 198 Å². The lowest BCUT2D eigenvalue weighted by Crippen LogP contribution is -2.51. The lowest BCUT2D eigenvalue weighted by atomic mass is 9.98. The molecular formula is C24H22F2N4O5. The minimum atomic E-state index is -4.15. The van der Waals surface area contributed by atoms with E-state index in [2.05, 4.69) is 15.3 Å². The van der Waals surface area contributed by atoms with Crippen LogP contribution in [0.4, 0.5) is 13.6 Å². The van der Waals surface area contributed by atoms with Crippen molar-refractivity contribution >= 4 is 18.0 Å². The summed E-state index contributed by atoms with van der Waals surface area (Å²) in [6.45, 7) is -1.43. The van der Waals surface area contributed by atoms with Crippen LogP contribution >= 0.6 is 0 Å². The summed E-state index contributed by atoms with van der Waals surface area (Å²) in [5.41, 5.74) is 4.56. The van der Waals surface area contributed by atoms with E-state index >= 15 is 0 Å². The Morgan fingerprint density at radius 1 is 1.09 bits per heavy atom. The van der Waals surface area contributed by atoms with Gasteiger partial charge in [-0.25, -0.2) is 14.6 Å². The standard InChI is InChI=1S/C24H22F2N4O5/c25-24(26,22(32)33)12-28-21(31)20(9-14-10-27-13-29-14)30-23(34)35-11-19-17-7-3-1-5-15(17)16-6-2-4-8-18(16)19/h1-8,10,13,19-20H,9,11-12H2,(H,27,29)(H,28,31)(H,30,34)(H,32,33)/t20-/m1/s1. The van der Waals surface area contributed by atoms with Crippen molar-refractivity contribution < 1.29 is 33.0 Å². The summed E-state index contributed by atoms with van der Waals surface area (Å²) in [6, 6.07) is 14.2. The van der Waals surface area contributed by atoms with Crippen molar-refractivity contribution in [3.63, 3.8) is 0 Å². The third-order valence-electron chi connectivity index (χ3n) is 5.73. The highest BCUT2D eigenvalue weighted by molar-refractivity contribution is 5.87. The number of alkyl carbamates (subject to hydrolysis) is 1. The van der Waals surface area contributed by atoms with Crippen molar-refractivity contribution in [2.75, 3.05) is 13.2 Å². The zero-order chi connectivity index (χ0) is 25.0. The molecule has 0 saturated heterocycles. The molecule has 2 aromatic carbocycles. The first-order valence-corrected chi connectivity index (χ1v) is 10.7. The number of fused-ring (bicyclic) bond motifs is 3. The quantitative estimate of drug-likeness (QED) is 0.369. The molecule has 1 heterocycles. The fraction of sp³-hybridized carbons (Fsp3) is 0.250. The molecule has 0 radical (unpaired) electrons. The van der Waals surface area contributed by atoms with E-state index in [0.717, 1.165) is 22.3 Å². The van der Waals surface area contributed by atoms with Crippen LogP contribution in [0.5, 0.6) is 0 Å². The van der Waals surface area contributed by atoms with E-state index in [1.54, 1.807) is 0 Å². The highest BCUT2D eigenvalue weighted by Gasteiger charge is 2.40. The van der Waals surface area contributed by atoms with Crippen LogP contribution in [0.2, 0.25) is 0 Å². The number of H-pyrrole nitrogens is 1. The second kappa shape index (κ2) is 9.92. The molecule has 4 N–H and O–H groups in total. The molecule has 1 aliphatic rings. The van der Waals surface area contributed by atoms with Gasteiger partial charge in [0, 0.05) is 24.2 Å². The van der Waals surface area contributed by atoms with E-state index in [0.29, 0.717) is 5.69 Å². The summed E-state index contributed by atoms with van der Waals surface area (Å²) in [6.07, 6.45) is 1.74. The number of aromatic amines is 1. The number of benzene rings is 2. The van der Waals surface area contributed by atoms with Crippen LogP contribution in [-0.4, -0.2) is 58.2 Å². The van der Waals surface area contributed by atoms with Crippen molar-refractivity contribution in [2.45, 2.75) is 24.3 Å². The van der Waals surface area contributed by atoms with Gasteiger partial charge in [0.15, 0.2) is 0 Å². The number of rotatable bonds is 9. The predicted molar refractivity (Wildman–Crippen MR) is 120 cm³/mol. The lowest BCUT2D eigenvalue weighted by Gasteiger charge is -2.20. The Kier molecular flexibility index (Phi) is 6.76. The summed E-state index contributed by atoms with van der Waals surface area (Å²) < 4.78 is 32.2. The zero-order valence-electron chi connectivity index (χ0n) is 18.3. The van der Waals surface area contributed by atoms with Gasteiger partial charge in [-0.15, -0.1) is 0 Å². The minimum Gasteiger partial charge on any atom is -0.477 e. The Morgan fingerprint density at radius 3 is 2.29 bits per heavy atom. The molecule has 2 amide bonds. The van der Waals surface area contributed by atoms with Gasteiger partial charge in [-0.05, 0) is 22.3 Å². The number of aromatic nitrogens is 2. The van der Waals surface area contributed by atoms with Gasteiger partial charge in [-0.2, -0.15) is 8.78 Å². The molecule has 0 unspecified atom stereocenters. The van der Waals surface area contributed by atoms with E-state index < -0.39 is 36.5 Å². The molecule has 182 valence electrons. The first-order valence-electron chi connectivity index (χ1n) is 10.7. The van der Waals surface area contributed by atoms with Crippen molar-refractivity contribution in [1.29, 1.82) is 0 Å². The summed E-state index contributed by atoms with van der Waals surface area (Å²) in [4.78, 5) is 42.3. The first kappa shape index (κ1) is 23.9. The molecule has 0 saturated carbocycles. The van der Waals surface area contributed by atoms with Crippen LogP contribution in [0.25, 0.3) is 11.1 Å². The number of alkyl halides is 2. The van der Waals surface area contributed by atoms with Gasteiger partial charge in [-0.1, -0.05) is 48.5 Å². The number of halogens is 2. The van der Waals surface area contributed by atoms with Gasteiger partial charge in [-0.3, -0.25) is 4.79 Å². The number of carboxylic acid groups (broad SMARTS) is 1. The number of carbonyl (C=O) groups excluding carboxylic acids is 2. The van der Waals surface area contributed by atoms with Gasteiger partial charge in [0.25, 0.3) is 0 Å². The predicted octanol–water partition coefficient (Wildman–Crippen LogP) is 2.70. The SMILES string of the molecule is O=C(N[C@H](Cc1cnc[nH]1)C(=O)NCC(F)(F)C(=O)O)OCC1c2ccccc2-c2ccccc21. The van der Waals surface area contributed by atoms with Crippen LogP contribution in [0, 0.1) is 0 Å². The first-order chi connectivity index (χ1) is 16.8. The number of nitrogens with one attached hydrogen (secondary N) is 3. The maximum absolute atomic E-state index is 13.4. The molecule has 0 spiro atoms. The second-order valence-electron chi connectivity index (χ2n) is 8.03. The van der Waals surface area contributed by atoms with Crippen LogP contribution in [0.15, 0.2) is 61.1 Å². The number of carbonyl (C=O) groups is 3. The Morgan fingerprint density at radius 2 is 1.71 bits per heavy atom. The molecule has 3 aromatic rings. The smallest absolute Gasteiger partial charge is 0.407 e. The fourth-order valence-electron chi connectivity index (χ4n) is 4.00. The van der Waals surface area contributed by atoms with Gasteiger partial charge in [0.2, 0.25) is 5.91 Å². The van der Waals surface area contributed by atoms with Gasteiger partial charge < -0.3 is 25.5 Å². The number of amides is 2. The number of imidazole rings is 1. The maximum Gasteiger partial charge on any atom is 0.407 e. The normalized spacial score (nSPS) is 13.4. The van der Waals surface area contributed by atoms with E-state index in [1.165, 1.54) is 12.5 Å². The molecule has 11 heteroatoms. The van der Waals surface area contributed by atoms with Crippen LogP contribution in [-0.2, 0) is 20.7 Å². The molecular weight excluding hydrogens is 462 g/mol. The second-order valence-corrected chi connectivity index (χ2v) is 8.03. The van der Waals surface area contributed by atoms with Crippen molar-refractivity contribution in [3.05, 3.63) is 77.9 Å². The number of aliphatic carboxylic acids is 1. The number of nitrogens with zero attached hydrogens (tertiary/aromatic N) is 1. The van der Waals surface area contributed by atoms with Crippen molar-refractivity contribution in [3.8, 4) is 11.1 Å². The van der Waals surface area contributed by atoms with Gasteiger partial charge >= 0.3 is 18.0 Å². The third-order valence-corrected chi connectivity index (χ3v) is 5.73. The summed E-state index contributed by atoms with van der Waals surface area (Å²) in [5.74, 6) is -7.72. The molecule has 1 atom stereocenters. The number of ether oxygens (including phenoxy) is 1. The van der Waals surface area contributed by atoms with Crippen LogP contribution in [0.1, 0.15) is 22.7 Å². The average Bonchev–Trinajstić information content (AvgIpc) is 3.47. The molecule has 0 fully saturated rings. The van der Waals surface area contributed by atoms with Crippen molar-refractivity contribution in [2.24, 2.45) is 0 Å². The molecule has 4 rings (SSSR count). The monoisotopic (exact) mass is 484 g/mol. The Hall–Kier alpha value is -4.28. The van der Waals surface area contributed by atoms with Crippen LogP contribution in [0.3, 0.4) is 0 Å². The molecule has 9 nitrogen and oxygen atoms in total. The maximum atomic E-state index is 13.4. The largest absolute Gasteiger partial charge is 0.477 e. The Bertz CT molecular complexity index is 1190. The minimum absolute atomic E-state index is 0.00462. The molecule has 0 aliphatic heterocycles. The third kappa shape index (κ3) is 5.29. The summed E-state index contributed by atoms with van der Waals surface area (Å²) in [5, 5.41) is 12.8. The average molecular weight is 484 g/mol. The molecule has 35 heavy (non-hydrogen) atoms. The van der Waals surface area contributed by atoms with Gasteiger partial charge in [0.05, 0.1) is 12.9 Å². The van der Waals surface area contributed by atoms with Crippen LogP contribution < -0.4 is 10.6 Å². The summed E-state index contributed by atoms with van der Waals surface area (Å²) >= 11 is 0. The summed E-state index contributed by atoms with van der Waals surface area (Å²) in [7, 11) is 0. The molecule has 1 aliphatic carbocycles. The fourth-order valence-corrected chi connectivity index (χ4v) is 4.00. The lowest BCUT2D eigenvalue weighted by molar-refractivity contribution is -0.164. The Balaban J connectivity index is 1.43. The number of hydrogen-bond acceptors (Lipinski definition) is 5. The van der Waals surface area contributed by atoms with Crippen molar-refractivity contribution in [1.82, 2.24) is 20.6 Å². The number of hydrogen-bond donors (Lipinski definition) is 4. The molecule has 0 bridgehead atoms. The number of carboxylic acids is 1. The van der Waals surface area contributed by atoms with E-state index in [-0.39, 0.29) is 18.9 Å². The van der Waals surface area contributed by atoms with E-state index in [4.69, 9.17) is 9.84 Å².